The molecule has 2 rings (SSSR count). The molecule has 0 N–H and O–H groups in total. The maximum absolute atomic E-state index is 13.3. The lowest BCUT2D eigenvalue weighted by Gasteiger charge is -2.29. The van der Waals surface area contributed by atoms with Gasteiger partial charge in [-0.15, -0.1) is 5.11 Å². The highest BCUT2D eigenvalue weighted by molar-refractivity contribution is 6.30. The lowest BCUT2D eigenvalue weighted by molar-refractivity contribution is 0.412. The van der Waals surface area contributed by atoms with Crippen molar-refractivity contribution in [1.29, 1.82) is 0 Å². The minimum absolute atomic E-state index is 0.0457. The predicted molar refractivity (Wildman–Crippen MR) is 51.2 cm³/mol. The third-order valence-corrected chi connectivity index (χ3v) is 2.23. The van der Waals surface area contributed by atoms with Crippen LogP contribution in [0.15, 0.2) is 28.5 Å². The van der Waals surface area contributed by atoms with Crippen molar-refractivity contribution in [2.24, 2.45) is 10.3 Å². The van der Waals surface area contributed by atoms with Gasteiger partial charge in [-0.1, -0.05) is 11.6 Å². The summed E-state index contributed by atoms with van der Waals surface area (Å²) in [6.07, 6.45) is 0. The van der Waals surface area contributed by atoms with E-state index in [4.69, 9.17) is 11.6 Å². The van der Waals surface area contributed by atoms with Gasteiger partial charge in [0.25, 0.3) is 0 Å². The van der Waals surface area contributed by atoms with E-state index in [2.05, 4.69) is 10.3 Å². The Morgan fingerprint density at radius 1 is 1.50 bits per heavy atom. The van der Waals surface area contributed by atoms with Gasteiger partial charge in [0, 0.05) is 16.3 Å². The highest BCUT2D eigenvalue weighted by Gasteiger charge is 2.28. The zero-order valence-corrected chi connectivity index (χ0v) is 7.91. The molecule has 0 saturated carbocycles. The van der Waals surface area contributed by atoms with Crippen molar-refractivity contribution < 1.29 is 4.39 Å². The van der Waals surface area contributed by atoms with Crippen molar-refractivity contribution in [3.05, 3.63) is 34.2 Å². The van der Waals surface area contributed by atoms with Crippen LogP contribution in [0.25, 0.3) is 0 Å². The molecule has 0 radical (unpaired) electrons. The molecule has 0 spiro atoms. The maximum atomic E-state index is 13.3. The van der Waals surface area contributed by atoms with Crippen molar-refractivity contribution in [2.45, 2.75) is 0 Å². The van der Waals surface area contributed by atoms with Crippen molar-refractivity contribution in [2.75, 3.05) is 13.1 Å². The Balaban J connectivity index is 2.46. The van der Waals surface area contributed by atoms with Crippen LogP contribution < -0.4 is 4.76 Å². The fourth-order valence-electron chi connectivity index (χ4n) is 1.31. The standard InChI is InChI=1S/C8H7ClFN3O/c9-6-1-2-8(7(10)5-6)13(14)4-3-11-12-13/h1-2,5H,3-4H2. The zero-order chi connectivity index (χ0) is 10.2. The van der Waals surface area contributed by atoms with E-state index < -0.39 is 10.6 Å². The summed E-state index contributed by atoms with van der Waals surface area (Å²) >= 11 is 5.57. The number of halogens is 2. The van der Waals surface area contributed by atoms with Gasteiger partial charge in [-0.25, -0.2) is 4.39 Å². The van der Waals surface area contributed by atoms with E-state index in [9.17, 15) is 9.60 Å². The van der Waals surface area contributed by atoms with E-state index in [0.717, 1.165) is 6.07 Å². The first kappa shape index (κ1) is 9.51. The summed E-state index contributed by atoms with van der Waals surface area (Å²) in [6.45, 7) is 0.462. The number of rotatable bonds is 1. The molecule has 0 saturated heterocycles. The average molecular weight is 216 g/mol. The molecule has 0 aliphatic carbocycles. The third kappa shape index (κ3) is 1.50. The number of nitrogens with zero attached hydrogens (tertiary/aromatic N) is 3. The Hall–Kier alpha value is -1.04. The number of hydrogen-bond acceptors (Lipinski definition) is 3. The Morgan fingerprint density at radius 2 is 2.29 bits per heavy atom. The Labute approximate surface area is 84.8 Å². The molecule has 0 bridgehead atoms. The summed E-state index contributed by atoms with van der Waals surface area (Å²) in [7, 11) is 0. The second-order valence-corrected chi connectivity index (χ2v) is 3.41. The molecule has 6 heteroatoms. The lowest BCUT2D eigenvalue weighted by Crippen LogP contribution is -2.36. The van der Waals surface area contributed by atoms with Crippen LogP contribution in [0.5, 0.6) is 0 Å². The molecule has 4 nitrogen and oxygen atoms in total. The highest BCUT2D eigenvalue weighted by Crippen LogP contribution is 2.30. The van der Waals surface area contributed by atoms with Gasteiger partial charge in [0.05, 0.1) is 0 Å². The SMILES string of the molecule is [O-][N+]1(c2ccc(Cl)cc2F)CCN=N1. The van der Waals surface area contributed by atoms with E-state index in [0.29, 0.717) is 6.54 Å². The zero-order valence-electron chi connectivity index (χ0n) is 7.15. The molecule has 1 aromatic carbocycles. The first-order valence-electron chi connectivity index (χ1n) is 4.05. The van der Waals surface area contributed by atoms with Gasteiger partial charge in [0.1, 0.15) is 13.1 Å². The largest absolute Gasteiger partial charge is 0.598 e. The normalized spacial score (nSPS) is 25.6. The van der Waals surface area contributed by atoms with Gasteiger partial charge in [0.2, 0.25) is 0 Å². The average Bonchev–Trinajstić information content (AvgIpc) is 2.52. The van der Waals surface area contributed by atoms with Gasteiger partial charge < -0.3 is 5.21 Å². The first-order chi connectivity index (χ1) is 6.62. The summed E-state index contributed by atoms with van der Waals surface area (Å²) < 4.78 is 12.3. The van der Waals surface area contributed by atoms with Crippen LogP contribution in [0, 0.1) is 11.0 Å². The third-order valence-electron chi connectivity index (χ3n) is 2.00. The van der Waals surface area contributed by atoms with Crippen molar-refractivity contribution in [1.82, 2.24) is 4.76 Å². The summed E-state index contributed by atoms with van der Waals surface area (Å²) in [4.78, 5) is 0. The lowest BCUT2D eigenvalue weighted by atomic mass is 10.3. The van der Waals surface area contributed by atoms with Gasteiger partial charge in [-0.3, -0.25) is 0 Å². The minimum atomic E-state index is -1.08. The molecule has 1 atom stereocenters. The molecule has 1 heterocycles. The number of benzene rings is 1. The molecule has 1 aromatic rings. The van der Waals surface area contributed by atoms with E-state index in [1.165, 1.54) is 12.1 Å². The smallest absolute Gasteiger partial charge is 0.197 e. The van der Waals surface area contributed by atoms with Crippen LogP contribution in [-0.4, -0.2) is 13.1 Å². The van der Waals surface area contributed by atoms with Crippen LogP contribution in [0.1, 0.15) is 0 Å². The number of hydroxylamine groups is 1. The summed E-state index contributed by atoms with van der Waals surface area (Å²) in [5.74, 6) is -0.645. The van der Waals surface area contributed by atoms with Crippen LogP contribution in [0.3, 0.4) is 0 Å². The topological polar surface area (TPSA) is 47.8 Å². The summed E-state index contributed by atoms with van der Waals surface area (Å²) in [5, 5.41) is 19.1. The second kappa shape index (κ2) is 3.27. The van der Waals surface area contributed by atoms with Crippen molar-refractivity contribution in [3.63, 3.8) is 0 Å². The fraction of sp³-hybridized carbons (Fsp3) is 0.250. The van der Waals surface area contributed by atoms with Crippen LogP contribution in [-0.2, 0) is 0 Å². The Bertz CT molecular complexity index is 398. The molecule has 0 aromatic heterocycles. The van der Waals surface area contributed by atoms with E-state index in [1.54, 1.807) is 0 Å². The van der Waals surface area contributed by atoms with Crippen LogP contribution in [0.2, 0.25) is 5.02 Å². The molecular formula is C8H7ClFN3O. The molecule has 1 aliphatic rings. The molecule has 0 amide bonds. The van der Waals surface area contributed by atoms with Crippen molar-refractivity contribution >= 4 is 17.3 Å². The van der Waals surface area contributed by atoms with Crippen LogP contribution >= 0.6 is 11.6 Å². The molecule has 0 fully saturated rings. The van der Waals surface area contributed by atoms with E-state index >= 15 is 0 Å². The van der Waals surface area contributed by atoms with E-state index in [-0.39, 0.29) is 17.3 Å². The first-order valence-corrected chi connectivity index (χ1v) is 4.43. The molecule has 74 valence electrons. The maximum Gasteiger partial charge on any atom is 0.197 e. The van der Waals surface area contributed by atoms with E-state index in [1.807, 2.05) is 0 Å². The second-order valence-electron chi connectivity index (χ2n) is 2.98. The predicted octanol–water partition coefficient (Wildman–Crippen LogP) is 2.67. The van der Waals surface area contributed by atoms with Gasteiger partial charge in [-0.2, -0.15) is 4.76 Å². The summed E-state index contributed by atoms with van der Waals surface area (Å²) in [6, 6.07) is 3.91. The van der Waals surface area contributed by atoms with Gasteiger partial charge in [0.15, 0.2) is 11.5 Å². The highest BCUT2D eigenvalue weighted by atomic mass is 35.5. The molecule has 14 heavy (non-hydrogen) atoms. The molecular weight excluding hydrogens is 209 g/mol. The monoisotopic (exact) mass is 215 g/mol. The quantitative estimate of drug-likeness (QED) is 0.525. The molecule has 1 unspecified atom stereocenters. The Kier molecular flexibility index (Phi) is 2.22. The number of quaternary nitrogens is 1. The molecule has 1 aliphatic heterocycles. The number of hydrogen-bond donors (Lipinski definition) is 0. The fourth-order valence-corrected chi connectivity index (χ4v) is 1.46. The summed E-state index contributed by atoms with van der Waals surface area (Å²) in [5.41, 5.74) is -0.0457. The van der Waals surface area contributed by atoms with Gasteiger partial charge in [-0.05, 0) is 12.1 Å². The van der Waals surface area contributed by atoms with Gasteiger partial charge >= 0.3 is 0 Å². The Morgan fingerprint density at radius 3 is 2.86 bits per heavy atom. The minimum Gasteiger partial charge on any atom is -0.598 e. The van der Waals surface area contributed by atoms with Crippen LogP contribution in [0.4, 0.5) is 10.1 Å². The van der Waals surface area contributed by atoms with Crippen molar-refractivity contribution in [3.8, 4) is 0 Å².